The summed E-state index contributed by atoms with van der Waals surface area (Å²) in [5, 5.41) is 10.3. The van der Waals surface area contributed by atoms with Gasteiger partial charge >= 0.3 is 0 Å². The molecule has 0 amide bonds. The van der Waals surface area contributed by atoms with Crippen molar-refractivity contribution in [3.63, 3.8) is 0 Å². The van der Waals surface area contributed by atoms with Crippen molar-refractivity contribution in [3.05, 3.63) is 0 Å². The molecule has 0 aromatic heterocycles. The maximum absolute atomic E-state index is 11.3. The van der Waals surface area contributed by atoms with Crippen LogP contribution in [0.15, 0.2) is 0 Å². The third kappa shape index (κ3) is 3.77. The van der Waals surface area contributed by atoms with E-state index >= 15 is 0 Å². The van der Waals surface area contributed by atoms with Gasteiger partial charge in [-0.25, -0.2) is 0 Å². The second-order valence-corrected chi connectivity index (χ2v) is 6.53. The fraction of sp³-hybridized carbons (Fsp3) is 0.933. The van der Waals surface area contributed by atoms with Crippen molar-refractivity contribution in [3.8, 4) is 0 Å². The molecule has 1 N–H and O–H groups in total. The highest BCUT2D eigenvalue weighted by atomic mass is 16.7. The molecule has 0 aromatic rings. The van der Waals surface area contributed by atoms with Crippen molar-refractivity contribution < 1.29 is 19.4 Å². The first kappa shape index (κ1) is 16.6. The van der Waals surface area contributed by atoms with Gasteiger partial charge in [-0.2, -0.15) is 0 Å². The number of carbonyl (C=O) groups excluding carboxylic acids is 1. The van der Waals surface area contributed by atoms with Crippen LogP contribution in [0.25, 0.3) is 0 Å². The highest BCUT2D eigenvalue weighted by Gasteiger charge is 2.51. The molecule has 0 bridgehead atoms. The quantitative estimate of drug-likeness (QED) is 0.755. The summed E-state index contributed by atoms with van der Waals surface area (Å²) in [6.45, 7) is 8.06. The standard InChI is InChI=1S/C15H28O4/c1-11(16)6-7-12-14(2,3)13(17)8-9-15(12,4)19-10-18-5/h12-13,17H,6-10H2,1-5H3/t12-,13-,15-/m1/s1. The average Bonchev–Trinajstić information content (AvgIpc) is 2.31. The first-order valence-electron chi connectivity index (χ1n) is 7.04. The van der Waals surface area contributed by atoms with Gasteiger partial charge in [0.1, 0.15) is 12.6 Å². The molecular weight excluding hydrogens is 244 g/mol. The van der Waals surface area contributed by atoms with Gasteiger partial charge in [0, 0.05) is 13.5 Å². The SMILES string of the molecule is COCO[C@]1(C)CC[C@@H](O)C(C)(C)[C@H]1CCC(C)=O. The maximum Gasteiger partial charge on any atom is 0.147 e. The first-order valence-corrected chi connectivity index (χ1v) is 7.04. The van der Waals surface area contributed by atoms with E-state index in [9.17, 15) is 9.90 Å². The molecule has 1 fully saturated rings. The van der Waals surface area contributed by atoms with Gasteiger partial charge in [0.2, 0.25) is 0 Å². The monoisotopic (exact) mass is 272 g/mol. The van der Waals surface area contributed by atoms with Crippen LogP contribution < -0.4 is 0 Å². The number of carbonyl (C=O) groups is 1. The Morgan fingerprint density at radius 2 is 2.00 bits per heavy atom. The molecule has 0 radical (unpaired) electrons. The van der Waals surface area contributed by atoms with E-state index in [2.05, 4.69) is 20.8 Å². The number of hydrogen-bond acceptors (Lipinski definition) is 4. The van der Waals surface area contributed by atoms with Crippen molar-refractivity contribution >= 4 is 5.78 Å². The molecule has 1 aliphatic rings. The van der Waals surface area contributed by atoms with Crippen LogP contribution in [-0.4, -0.2) is 36.5 Å². The van der Waals surface area contributed by atoms with E-state index in [4.69, 9.17) is 9.47 Å². The van der Waals surface area contributed by atoms with Crippen LogP contribution in [0.4, 0.5) is 0 Å². The number of aliphatic hydroxyl groups is 1. The summed E-state index contributed by atoms with van der Waals surface area (Å²) >= 11 is 0. The highest BCUT2D eigenvalue weighted by Crippen LogP contribution is 2.50. The molecule has 0 saturated heterocycles. The third-order valence-electron chi connectivity index (χ3n) is 4.70. The molecule has 0 aliphatic heterocycles. The Morgan fingerprint density at radius 1 is 1.37 bits per heavy atom. The lowest BCUT2D eigenvalue weighted by atomic mass is 9.59. The largest absolute Gasteiger partial charge is 0.393 e. The zero-order chi connectivity index (χ0) is 14.7. The minimum absolute atomic E-state index is 0.141. The summed E-state index contributed by atoms with van der Waals surface area (Å²) in [7, 11) is 1.61. The fourth-order valence-corrected chi connectivity index (χ4v) is 3.38. The highest BCUT2D eigenvalue weighted by molar-refractivity contribution is 5.75. The summed E-state index contributed by atoms with van der Waals surface area (Å²) in [6.07, 6.45) is 2.46. The van der Waals surface area contributed by atoms with Crippen LogP contribution in [0.5, 0.6) is 0 Å². The Hall–Kier alpha value is -0.450. The van der Waals surface area contributed by atoms with E-state index in [1.54, 1.807) is 14.0 Å². The Labute approximate surface area is 116 Å². The van der Waals surface area contributed by atoms with E-state index in [-0.39, 0.29) is 35.6 Å². The molecule has 4 heteroatoms. The van der Waals surface area contributed by atoms with E-state index in [0.717, 1.165) is 19.3 Å². The van der Waals surface area contributed by atoms with Crippen LogP contribution >= 0.6 is 0 Å². The number of hydrogen-bond donors (Lipinski definition) is 1. The van der Waals surface area contributed by atoms with Crippen molar-refractivity contribution in [1.82, 2.24) is 0 Å². The third-order valence-corrected chi connectivity index (χ3v) is 4.70. The van der Waals surface area contributed by atoms with Crippen LogP contribution in [0.3, 0.4) is 0 Å². The molecule has 0 unspecified atom stereocenters. The Balaban J connectivity index is 2.90. The van der Waals surface area contributed by atoms with Gasteiger partial charge in [-0.3, -0.25) is 0 Å². The molecule has 0 heterocycles. The summed E-state index contributed by atoms with van der Waals surface area (Å²) in [5.74, 6) is 0.327. The van der Waals surface area contributed by atoms with E-state index in [1.807, 2.05) is 0 Å². The van der Waals surface area contributed by atoms with E-state index < -0.39 is 0 Å². The fourth-order valence-electron chi connectivity index (χ4n) is 3.38. The molecule has 4 nitrogen and oxygen atoms in total. The zero-order valence-corrected chi connectivity index (χ0v) is 12.9. The molecule has 1 saturated carbocycles. The Morgan fingerprint density at radius 3 is 2.53 bits per heavy atom. The van der Waals surface area contributed by atoms with Crippen LogP contribution in [0.1, 0.15) is 53.4 Å². The molecule has 3 atom stereocenters. The summed E-state index contributed by atoms with van der Waals surface area (Å²) in [4.78, 5) is 11.3. The topological polar surface area (TPSA) is 55.8 Å². The lowest BCUT2D eigenvalue weighted by molar-refractivity contribution is -0.208. The Kier molecular flexibility index (Phi) is 5.53. The van der Waals surface area contributed by atoms with Gasteiger partial charge in [0.15, 0.2) is 0 Å². The second kappa shape index (κ2) is 6.33. The second-order valence-electron chi connectivity index (χ2n) is 6.53. The molecule has 112 valence electrons. The summed E-state index contributed by atoms with van der Waals surface area (Å²) < 4.78 is 10.9. The molecule has 1 aliphatic carbocycles. The number of ketones is 1. The van der Waals surface area contributed by atoms with Gasteiger partial charge in [-0.1, -0.05) is 13.8 Å². The lowest BCUT2D eigenvalue weighted by Crippen LogP contribution is -2.55. The lowest BCUT2D eigenvalue weighted by Gasteiger charge is -2.52. The zero-order valence-electron chi connectivity index (χ0n) is 12.9. The minimum atomic E-state index is -0.344. The average molecular weight is 272 g/mol. The smallest absolute Gasteiger partial charge is 0.147 e. The van der Waals surface area contributed by atoms with E-state index in [0.29, 0.717) is 6.42 Å². The summed E-state index contributed by atoms with van der Waals surface area (Å²) in [6, 6.07) is 0. The molecule has 1 rings (SSSR count). The van der Waals surface area contributed by atoms with Crippen molar-refractivity contribution in [2.75, 3.05) is 13.9 Å². The van der Waals surface area contributed by atoms with Crippen LogP contribution in [-0.2, 0) is 14.3 Å². The predicted octanol–water partition coefficient (Wildman–Crippen LogP) is 2.53. The number of ether oxygens (including phenoxy) is 2. The number of methoxy groups -OCH3 is 1. The van der Waals surface area contributed by atoms with Crippen LogP contribution in [0.2, 0.25) is 0 Å². The summed E-state index contributed by atoms with van der Waals surface area (Å²) in [5.41, 5.74) is -0.593. The van der Waals surface area contributed by atoms with E-state index in [1.165, 1.54) is 0 Å². The van der Waals surface area contributed by atoms with Gasteiger partial charge in [0.05, 0.1) is 11.7 Å². The van der Waals surface area contributed by atoms with Gasteiger partial charge in [-0.05, 0) is 44.4 Å². The first-order chi connectivity index (χ1) is 8.74. The van der Waals surface area contributed by atoms with Gasteiger partial charge in [0.25, 0.3) is 0 Å². The molecule has 0 aromatic carbocycles. The maximum atomic E-state index is 11.3. The number of rotatable bonds is 6. The van der Waals surface area contributed by atoms with Crippen molar-refractivity contribution in [2.24, 2.45) is 11.3 Å². The predicted molar refractivity (Wildman–Crippen MR) is 73.8 cm³/mol. The molecular formula is C15H28O4. The number of aliphatic hydroxyl groups excluding tert-OH is 1. The van der Waals surface area contributed by atoms with Crippen molar-refractivity contribution in [1.29, 1.82) is 0 Å². The molecule has 19 heavy (non-hydrogen) atoms. The normalized spacial score (nSPS) is 34.2. The Bertz CT molecular complexity index is 309. The van der Waals surface area contributed by atoms with Crippen LogP contribution in [0, 0.1) is 11.3 Å². The molecule has 0 spiro atoms. The van der Waals surface area contributed by atoms with Gasteiger partial charge < -0.3 is 19.4 Å². The van der Waals surface area contributed by atoms with Gasteiger partial charge in [-0.15, -0.1) is 0 Å². The van der Waals surface area contributed by atoms with Crippen molar-refractivity contribution in [2.45, 2.75) is 65.1 Å². The minimum Gasteiger partial charge on any atom is -0.393 e. The number of Topliss-reactive ketones (excluding diaryl/α,β-unsaturated/α-hetero) is 1.